The topological polar surface area (TPSA) is 117 Å². The molecule has 2 rings (SSSR count). The summed E-state index contributed by atoms with van der Waals surface area (Å²) in [6, 6.07) is 6.40. The maximum absolute atomic E-state index is 12.2. The van der Waals surface area contributed by atoms with Gasteiger partial charge in [0, 0.05) is 12.6 Å². The molecule has 0 saturated heterocycles. The molecular weight excluding hydrogens is 320 g/mol. The average molecular weight is 340 g/mol. The fraction of sp³-hybridized carbons (Fsp3) is 0.429. The van der Waals surface area contributed by atoms with E-state index in [2.05, 4.69) is 20.2 Å². The van der Waals surface area contributed by atoms with Gasteiger partial charge in [0.1, 0.15) is 5.82 Å². The maximum Gasteiger partial charge on any atom is 0.258 e. The molecule has 126 valence electrons. The third kappa shape index (κ3) is 5.31. The quantitative estimate of drug-likeness (QED) is 0.689. The summed E-state index contributed by atoms with van der Waals surface area (Å²) in [6.07, 6.45) is 0. The van der Waals surface area contributed by atoms with Crippen molar-refractivity contribution in [2.75, 3.05) is 11.9 Å². The number of aliphatic hydroxyl groups is 1. The van der Waals surface area contributed by atoms with E-state index in [0.29, 0.717) is 18.1 Å². The fourth-order valence-electron chi connectivity index (χ4n) is 1.69. The van der Waals surface area contributed by atoms with Crippen LogP contribution in [0, 0.1) is 6.92 Å². The molecular formula is C14H20N4O4S. The lowest BCUT2D eigenvalue weighted by atomic mass is 10.1. The van der Waals surface area contributed by atoms with E-state index in [0.717, 1.165) is 5.69 Å². The third-order valence-electron chi connectivity index (χ3n) is 2.81. The van der Waals surface area contributed by atoms with Gasteiger partial charge in [-0.05, 0) is 32.9 Å². The molecule has 0 amide bonds. The van der Waals surface area contributed by atoms with Crippen LogP contribution in [0.2, 0.25) is 0 Å². The number of rotatable bonds is 7. The van der Waals surface area contributed by atoms with Gasteiger partial charge in [0.05, 0.1) is 17.8 Å². The lowest BCUT2D eigenvalue weighted by molar-refractivity contribution is 0.0857. The Balaban J connectivity index is 2.06. The summed E-state index contributed by atoms with van der Waals surface area (Å²) in [5.41, 5.74) is -0.380. The standard InChI is InChI=1S/C14H20N4O4S/c1-10-7-11(22-18-10)8-15-12-5-4-6-13(17-12)23(20,21)16-9-14(2,3)19/h4-7,16,19H,8-9H2,1-3H3,(H,15,17). The second kappa shape index (κ2) is 6.65. The summed E-state index contributed by atoms with van der Waals surface area (Å²) >= 11 is 0. The Hall–Kier alpha value is -1.97. The van der Waals surface area contributed by atoms with Crippen LogP contribution in [0.1, 0.15) is 25.3 Å². The molecule has 0 unspecified atom stereocenters. The van der Waals surface area contributed by atoms with E-state index in [1.807, 2.05) is 6.92 Å². The van der Waals surface area contributed by atoms with Gasteiger partial charge in [0.2, 0.25) is 0 Å². The van der Waals surface area contributed by atoms with E-state index < -0.39 is 15.6 Å². The minimum Gasteiger partial charge on any atom is -0.389 e. The summed E-state index contributed by atoms with van der Waals surface area (Å²) in [5, 5.41) is 16.2. The zero-order chi connectivity index (χ0) is 17.1. The molecule has 2 aromatic heterocycles. The number of nitrogens with one attached hydrogen (secondary N) is 2. The van der Waals surface area contributed by atoms with Crippen molar-refractivity contribution in [1.82, 2.24) is 14.9 Å². The molecule has 0 aromatic carbocycles. The van der Waals surface area contributed by atoms with Gasteiger partial charge in [0.15, 0.2) is 10.8 Å². The van der Waals surface area contributed by atoms with E-state index in [9.17, 15) is 13.5 Å². The number of nitrogens with zero attached hydrogens (tertiary/aromatic N) is 2. The Morgan fingerprint density at radius 1 is 1.35 bits per heavy atom. The summed E-state index contributed by atoms with van der Waals surface area (Å²) in [5.74, 6) is 1.02. The van der Waals surface area contributed by atoms with Crippen molar-refractivity contribution < 1.29 is 18.0 Å². The van der Waals surface area contributed by atoms with Gasteiger partial charge < -0.3 is 14.9 Å². The van der Waals surface area contributed by atoms with Crippen molar-refractivity contribution in [3.05, 3.63) is 35.7 Å². The minimum absolute atomic E-state index is 0.105. The molecule has 2 heterocycles. The molecule has 0 bridgehead atoms. The first kappa shape index (κ1) is 17.4. The first-order valence-corrected chi connectivity index (χ1v) is 8.49. The normalized spacial score (nSPS) is 12.3. The van der Waals surface area contributed by atoms with Crippen molar-refractivity contribution in [1.29, 1.82) is 0 Å². The number of aryl methyl sites for hydroxylation is 1. The van der Waals surface area contributed by atoms with E-state index in [1.165, 1.54) is 19.9 Å². The smallest absolute Gasteiger partial charge is 0.258 e. The van der Waals surface area contributed by atoms with E-state index in [1.54, 1.807) is 18.2 Å². The monoisotopic (exact) mass is 340 g/mol. The first-order valence-electron chi connectivity index (χ1n) is 7.01. The SMILES string of the molecule is Cc1cc(CNc2cccc(S(=O)(=O)NCC(C)(C)O)n2)on1. The van der Waals surface area contributed by atoms with Crippen LogP contribution in [0.25, 0.3) is 0 Å². The van der Waals surface area contributed by atoms with Gasteiger partial charge in [-0.15, -0.1) is 0 Å². The number of anilines is 1. The largest absolute Gasteiger partial charge is 0.389 e. The van der Waals surface area contributed by atoms with Crippen LogP contribution < -0.4 is 10.0 Å². The van der Waals surface area contributed by atoms with Crippen molar-refractivity contribution in [3.63, 3.8) is 0 Å². The van der Waals surface area contributed by atoms with Crippen molar-refractivity contribution >= 4 is 15.8 Å². The Morgan fingerprint density at radius 2 is 2.09 bits per heavy atom. The zero-order valence-electron chi connectivity index (χ0n) is 13.2. The van der Waals surface area contributed by atoms with Crippen LogP contribution in [-0.2, 0) is 16.6 Å². The van der Waals surface area contributed by atoms with Gasteiger partial charge in [-0.1, -0.05) is 11.2 Å². The summed E-state index contributed by atoms with van der Waals surface area (Å²) in [6.45, 7) is 5.08. The van der Waals surface area contributed by atoms with Gasteiger partial charge >= 0.3 is 0 Å². The third-order valence-corrected chi connectivity index (χ3v) is 4.12. The number of aromatic nitrogens is 2. The van der Waals surface area contributed by atoms with Gasteiger partial charge in [-0.3, -0.25) is 0 Å². The van der Waals surface area contributed by atoms with Crippen LogP contribution in [0.3, 0.4) is 0 Å². The van der Waals surface area contributed by atoms with Gasteiger partial charge in [-0.2, -0.15) is 0 Å². The summed E-state index contributed by atoms with van der Waals surface area (Å²) < 4.78 is 31.7. The average Bonchev–Trinajstić information content (AvgIpc) is 2.89. The zero-order valence-corrected chi connectivity index (χ0v) is 14.0. The second-order valence-electron chi connectivity index (χ2n) is 5.79. The molecule has 23 heavy (non-hydrogen) atoms. The lowest BCUT2D eigenvalue weighted by Gasteiger charge is -2.17. The highest BCUT2D eigenvalue weighted by molar-refractivity contribution is 7.89. The number of hydrogen-bond acceptors (Lipinski definition) is 7. The van der Waals surface area contributed by atoms with Crippen LogP contribution in [-0.4, -0.2) is 35.8 Å². The summed E-state index contributed by atoms with van der Waals surface area (Å²) in [4.78, 5) is 4.06. The molecule has 0 aliphatic heterocycles. The highest BCUT2D eigenvalue weighted by Crippen LogP contribution is 2.12. The molecule has 3 N–H and O–H groups in total. The first-order chi connectivity index (χ1) is 10.7. The Bertz CT molecular complexity index is 765. The van der Waals surface area contributed by atoms with Crippen molar-refractivity contribution in [2.24, 2.45) is 0 Å². The lowest BCUT2D eigenvalue weighted by Crippen LogP contribution is -2.38. The van der Waals surface area contributed by atoms with Crippen LogP contribution in [0.4, 0.5) is 5.82 Å². The fourth-order valence-corrected chi connectivity index (χ4v) is 2.85. The van der Waals surface area contributed by atoms with Crippen LogP contribution in [0.5, 0.6) is 0 Å². The number of hydrogen-bond donors (Lipinski definition) is 3. The van der Waals surface area contributed by atoms with Crippen molar-refractivity contribution in [2.45, 2.75) is 37.9 Å². The predicted molar refractivity (Wildman–Crippen MR) is 84.3 cm³/mol. The molecule has 0 aliphatic rings. The molecule has 0 radical (unpaired) electrons. The number of pyridine rings is 1. The molecule has 8 nitrogen and oxygen atoms in total. The Kier molecular flexibility index (Phi) is 5.03. The molecule has 0 aliphatic carbocycles. The Labute approximate surface area is 135 Å². The van der Waals surface area contributed by atoms with Crippen LogP contribution in [0.15, 0.2) is 33.8 Å². The maximum atomic E-state index is 12.2. The molecule has 0 fully saturated rings. The molecule has 2 aromatic rings. The second-order valence-corrected chi connectivity index (χ2v) is 7.50. The highest BCUT2D eigenvalue weighted by atomic mass is 32.2. The highest BCUT2D eigenvalue weighted by Gasteiger charge is 2.21. The van der Waals surface area contributed by atoms with Crippen LogP contribution >= 0.6 is 0 Å². The van der Waals surface area contributed by atoms with Gasteiger partial charge in [-0.25, -0.2) is 18.1 Å². The summed E-state index contributed by atoms with van der Waals surface area (Å²) in [7, 11) is -3.79. The van der Waals surface area contributed by atoms with E-state index in [-0.39, 0.29) is 11.6 Å². The van der Waals surface area contributed by atoms with E-state index >= 15 is 0 Å². The van der Waals surface area contributed by atoms with Crippen molar-refractivity contribution in [3.8, 4) is 0 Å². The minimum atomic E-state index is -3.79. The Morgan fingerprint density at radius 3 is 2.70 bits per heavy atom. The molecule has 0 atom stereocenters. The molecule has 0 saturated carbocycles. The molecule has 9 heteroatoms. The number of sulfonamides is 1. The predicted octanol–water partition coefficient (Wildman–Crippen LogP) is 1.04. The van der Waals surface area contributed by atoms with Gasteiger partial charge in [0.25, 0.3) is 10.0 Å². The molecule has 0 spiro atoms. The van der Waals surface area contributed by atoms with E-state index in [4.69, 9.17) is 4.52 Å².